The summed E-state index contributed by atoms with van der Waals surface area (Å²) in [6.07, 6.45) is 0. The first-order valence-electron chi connectivity index (χ1n) is 5.85. The first kappa shape index (κ1) is 13.4. The summed E-state index contributed by atoms with van der Waals surface area (Å²) in [5.41, 5.74) is 2.43. The van der Waals surface area contributed by atoms with Gasteiger partial charge in [-0.2, -0.15) is 0 Å². The molecule has 98 valence electrons. The Bertz CT molecular complexity index is 638. The van der Waals surface area contributed by atoms with E-state index in [9.17, 15) is 9.90 Å². The van der Waals surface area contributed by atoms with Crippen LogP contribution in [0, 0.1) is 13.8 Å². The van der Waals surface area contributed by atoms with Gasteiger partial charge in [-0.15, -0.1) is 0 Å². The summed E-state index contributed by atoms with van der Waals surface area (Å²) in [5, 5.41) is 13.0. The van der Waals surface area contributed by atoms with Crippen molar-refractivity contribution in [1.29, 1.82) is 0 Å². The van der Waals surface area contributed by atoms with Crippen LogP contribution in [-0.2, 0) is 0 Å². The van der Waals surface area contributed by atoms with E-state index in [0.717, 1.165) is 5.56 Å². The van der Waals surface area contributed by atoms with Crippen LogP contribution in [0.1, 0.15) is 21.5 Å². The molecule has 0 fully saturated rings. The molecule has 0 atom stereocenters. The fourth-order valence-electron chi connectivity index (χ4n) is 1.75. The minimum absolute atomic E-state index is 0.0109. The van der Waals surface area contributed by atoms with Crippen molar-refractivity contribution in [2.45, 2.75) is 13.8 Å². The van der Waals surface area contributed by atoms with Crippen LogP contribution in [0.25, 0.3) is 0 Å². The first-order chi connectivity index (χ1) is 8.99. The van der Waals surface area contributed by atoms with Gasteiger partial charge >= 0.3 is 0 Å². The Morgan fingerprint density at radius 3 is 2.63 bits per heavy atom. The molecular formula is C15H14ClNO2. The third kappa shape index (κ3) is 2.88. The number of carbonyl (C=O) groups is 1. The molecule has 0 aliphatic carbocycles. The fraction of sp³-hybridized carbons (Fsp3) is 0.133. The standard InChI is InChI=1S/C15H14ClNO2/c1-9-6-7-13(12(16)8-9)17-15(19)11-5-3-4-10(2)14(11)18/h3-8,18H,1-2H3,(H,17,19). The van der Waals surface area contributed by atoms with Crippen LogP contribution in [0.4, 0.5) is 5.69 Å². The normalized spacial score (nSPS) is 10.3. The van der Waals surface area contributed by atoms with Crippen LogP contribution in [0.15, 0.2) is 36.4 Å². The number of anilines is 1. The molecule has 3 nitrogen and oxygen atoms in total. The highest BCUT2D eigenvalue weighted by Crippen LogP contribution is 2.26. The van der Waals surface area contributed by atoms with Crippen molar-refractivity contribution < 1.29 is 9.90 Å². The van der Waals surface area contributed by atoms with Crippen LogP contribution in [0.2, 0.25) is 5.02 Å². The number of hydrogen-bond donors (Lipinski definition) is 2. The molecule has 2 N–H and O–H groups in total. The molecule has 2 aromatic carbocycles. The van der Waals surface area contributed by atoms with E-state index >= 15 is 0 Å². The Labute approximate surface area is 116 Å². The van der Waals surface area contributed by atoms with Crippen LogP contribution in [0.3, 0.4) is 0 Å². The number of rotatable bonds is 2. The van der Waals surface area contributed by atoms with Gasteiger partial charge in [0.1, 0.15) is 5.75 Å². The van der Waals surface area contributed by atoms with Crippen molar-refractivity contribution in [3.05, 3.63) is 58.1 Å². The van der Waals surface area contributed by atoms with Crippen LogP contribution < -0.4 is 5.32 Å². The molecule has 0 spiro atoms. The van der Waals surface area contributed by atoms with E-state index in [0.29, 0.717) is 16.3 Å². The minimum atomic E-state index is -0.382. The first-order valence-corrected chi connectivity index (χ1v) is 6.23. The molecule has 0 aromatic heterocycles. The zero-order valence-electron chi connectivity index (χ0n) is 10.7. The lowest BCUT2D eigenvalue weighted by atomic mass is 10.1. The second kappa shape index (κ2) is 5.33. The van der Waals surface area contributed by atoms with Crippen molar-refractivity contribution in [2.75, 3.05) is 5.32 Å². The monoisotopic (exact) mass is 275 g/mol. The molecule has 0 radical (unpaired) electrons. The third-order valence-electron chi connectivity index (χ3n) is 2.86. The summed E-state index contributed by atoms with van der Waals surface area (Å²) < 4.78 is 0. The maximum absolute atomic E-state index is 12.1. The van der Waals surface area contributed by atoms with E-state index in [4.69, 9.17) is 11.6 Å². The Morgan fingerprint density at radius 2 is 1.95 bits per heavy atom. The molecule has 2 rings (SSSR count). The number of hydrogen-bond acceptors (Lipinski definition) is 2. The summed E-state index contributed by atoms with van der Waals surface area (Å²) in [6, 6.07) is 10.4. The lowest BCUT2D eigenvalue weighted by Gasteiger charge is -2.10. The van der Waals surface area contributed by atoms with Crippen molar-refractivity contribution in [3.8, 4) is 5.75 Å². The molecule has 0 saturated carbocycles. The Morgan fingerprint density at radius 1 is 1.21 bits per heavy atom. The van der Waals surface area contributed by atoms with E-state index in [1.54, 1.807) is 37.3 Å². The zero-order chi connectivity index (χ0) is 14.0. The van der Waals surface area contributed by atoms with E-state index in [-0.39, 0.29) is 17.2 Å². The Kier molecular flexibility index (Phi) is 3.76. The van der Waals surface area contributed by atoms with Gasteiger partial charge in [0.05, 0.1) is 16.3 Å². The SMILES string of the molecule is Cc1ccc(NC(=O)c2cccc(C)c2O)c(Cl)c1. The number of nitrogens with one attached hydrogen (secondary N) is 1. The third-order valence-corrected chi connectivity index (χ3v) is 3.17. The molecular weight excluding hydrogens is 262 g/mol. The van der Waals surface area contributed by atoms with Crippen molar-refractivity contribution >= 4 is 23.2 Å². The molecule has 0 unspecified atom stereocenters. The molecule has 0 saturated heterocycles. The number of aromatic hydroxyl groups is 1. The van der Waals surface area contributed by atoms with Crippen LogP contribution in [0.5, 0.6) is 5.75 Å². The molecule has 0 aliphatic heterocycles. The highest BCUT2D eigenvalue weighted by Gasteiger charge is 2.13. The summed E-state index contributed by atoms with van der Waals surface area (Å²) in [5.74, 6) is -0.393. The highest BCUT2D eigenvalue weighted by atomic mass is 35.5. The molecule has 0 bridgehead atoms. The summed E-state index contributed by atoms with van der Waals surface area (Å²) >= 11 is 6.05. The van der Waals surface area contributed by atoms with Gasteiger partial charge in [-0.05, 0) is 43.2 Å². The molecule has 0 aliphatic rings. The average Bonchev–Trinajstić information content (AvgIpc) is 2.36. The van der Waals surface area contributed by atoms with Gasteiger partial charge in [0.2, 0.25) is 0 Å². The zero-order valence-corrected chi connectivity index (χ0v) is 11.5. The van der Waals surface area contributed by atoms with Crippen molar-refractivity contribution in [1.82, 2.24) is 0 Å². The second-order valence-electron chi connectivity index (χ2n) is 4.41. The average molecular weight is 276 g/mol. The number of aryl methyl sites for hydroxylation is 2. The van der Waals surface area contributed by atoms with Crippen molar-refractivity contribution in [2.24, 2.45) is 0 Å². The predicted molar refractivity (Wildman–Crippen MR) is 77.0 cm³/mol. The van der Waals surface area contributed by atoms with E-state index in [2.05, 4.69) is 5.32 Å². The summed E-state index contributed by atoms with van der Waals surface area (Å²) in [7, 11) is 0. The fourth-order valence-corrected chi connectivity index (χ4v) is 2.04. The molecule has 0 heterocycles. The predicted octanol–water partition coefficient (Wildman–Crippen LogP) is 3.91. The molecule has 4 heteroatoms. The lowest BCUT2D eigenvalue weighted by molar-refractivity contribution is 0.102. The number of phenolic OH excluding ortho intramolecular Hbond substituents is 1. The largest absolute Gasteiger partial charge is 0.507 e. The van der Waals surface area contributed by atoms with Gasteiger partial charge in [0.15, 0.2) is 0 Å². The van der Waals surface area contributed by atoms with Gasteiger partial charge < -0.3 is 10.4 Å². The number of amides is 1. The van der Waals surface area contributed by atoms with Gasteiger partial charge in [-0.3, -0.25) is 4.79 Å². The smallest absolute Gasteiger partial charge is 0.259 e. The van der Waals surface area contributed by atoms with Gasteiger partial charge in [0.25, 0.3) is 5.91 Å². The minimum Gasteiger partial charge on any atom is -0.507 e. The number of carbonyl (C=O) groups excluding carboxylic acids is 1. The number of benzene rings is 2. The Balaban J connectivity index is 2.28. The van der Waals surface area contributed by atoms with E-state index in [1.165, 1.54) is 0 Å². The molecule has 1 amide bonds. The number of phenols is 1. The molecule has 19 heavy (non-hydrogen) atoms. The van der Waals surface area contributed by atoms with E-state index < -0.39 is 0 Å². The Hall–Kier alpha value is -2.00. The van der Waals surface area contributed by atoms with Crippen molar-refractivity contribution in [3.63, 3.8) is 0 Å². The number of halogens is 1. The quantitative estimate of drug-likeness (QED) is 0.873. The molecule has 2 aromatic rings. The maximum Gasteiger partial charge on any atom is 0.259 e. The number of para-hydroxylation sites is 1. The lowest BCUT2D eigenvalue weighted by Crippen LogP contribution is -2.12. The van der Waals surface area contributed by atoms with Crippen LogP contribution in [-0.4, -0.2) is 11.0 Å². The topological polar surface area (TPSA) is 49.3 Å². The van der Waals surface area contributed by atoms with Gasteiger partial charge in [0, 0.05) is 0 Å². The second-order valence-corrected chi connectivity index (χ2v) is 4.82. The van der Waals surface area contributed by atoms with E-state index in [1.807, 2.05) is 13.0 Å². The van der Waals surface area contributed by atoms with Gasteiger partial charge in [-0.25, -0.2) is 0 Å². The van der Waals surface area contributed by atoms with Gasteiger partial charge in [-0.1, -0.05) is 29.8 Å². The maximum atomic E-state index is 12.1. The summed E-state index contributed by atoms with van der Waals surface area (Å²) in [6.45, 7) is 3.66. The van der Waals surface area contributed by atoms with Crippen LogP contribution >= 0.6 is 11.6 Å². The summed E-state index contributed by atoms with van der Waals surface area (Å²) in [4.78, 5) is 12.1. The highest BCUT2D eigenvalue weighted by molar-refractivity contribution is 6.34.